The molecule has 4 rings (SSSR count). The zero-order valence-corrected chi connectivity index (χ0v) is 22.8. The average molecular weight is 525 g/mol. The first kappa shape index (κ1) is 27.8. The fraction of sp³-hybridized carbons (Fsp3) is 0.533. The molecule has 8 nitrogen and oxygen atoms in total. The number of amides is 1. The highest BCUT2D eigenvalue weighted by molar-refractivity contribution is 5.83. The van der Waals surface area contributed by atoms with Gasteiger partial charge in [0.2, 0.25) is 5.91 Å². The monoisotopic (exact) mass is 524 g/mol. The minimum atomic E-state index is -1.04. The Morgan fingerprint density at radius 2 is 1.89 bits per heavy atom. The van der Waals surface area contributed by atoms with E-state index < -0.39 is 12.1 Å². The number of carbonyl (C=O) groups excluding carboxylic acids is 1. The third-order valence-corrected chi connectivity index (χ3v) is 7.15. The smallest absolute Gasteiger partial charge is 0.323 e. The molecule has 0 saturated heterocycles. The summed E-state index contributed by atoms with van der Waals surface area (Å²) in [6.07, 6.45) is 2.35. The van der Waals surface area contributed by atoms with E-state index in [9.17, 15) is 19.8 Å². The molecule has 1 aliphatic carbocycles. The van der Waals surface area contributed by atoms with Crippen LogP contribution in [0.2, 0.25) is 0 Å². The standard InChI is InChI=1S/C30H40N2O6/c1-19(2)37-24-7-5-6-23(15-24)31-25-11-9-21(10-12-26(25)33)29(36)32(18-28(34)35)17-20-8-13-27-22(14-20)16-30(3,4)38-27/h5-8,13-15,19,21,25-26,31,33H,9-12,16-18H2,1-4H3,(H,34,35)/t21-,25+,26+/m1/s1. The average Bonchev–Trinajstić information content (AvgIpc) is 3.03. The van der Waals surface area contributed by atoms with Gasteiger partial charge in [0, 0.05) is 30.6 Å². The maximum atomic E-state index is 13.6. The number of aliphatic hydroxyl groups excluding tert-OH is 1. The molecule has 2 aromatic carbocycles. The number of aliphatic hydroxyl groups is 1. The summed E-state index contributed by atoms with van der Waals surface area (Å²) >= 11 is 0. The van der Waals surface area contributed by atoms with E-state index in [2.05, 4.69) is 5.32 Å². The second-order valence-corrected chi connectivity index (χ2v) is 11.4. The van der Waals surface area contributed by atoms with Crippen molar-refractivity contribution in [2.75, 3.05) is 11.9 Å². The number of anilines is 1. The number of carboxylic acids is 1. The lowest BCUT2D eigenvalue weighted by molar-refractivity contribution is -0.147. The largest absolute Gasteiger partial charge is 0.491 e. The molecular formula is C30H40N2O6. The number of nitrogens with one attached hydrogen (secondary N) is 1. The Morgan fingerprint density at radius 1 is 1.13 bits per heavy atom. The molecule has 0 unspecified atom stereocenters. The second kappa shape index (κ2) is 11.6. The molecule has 38 heavy (non-hydrogen) atoms. The van der Waals surface area contributed by atoms with Gasteiger partial charge in [0.25, 0.3) is 0 Å². The lowest BCUT2D eigenvalue weighted by Gasteiger charge is -2.26. The molecule has 1 amide bonds. The summed E-state index contributed by atoms with van der Waals surface area (Å²) in [5.74, 6) is 0.0352. The number of carbonyl (C=O) groups is 2. The Kier molecular flexibility index (Phi) is 8.51. The molecule has 8 heteroatoms. The van der Waals surface area contributed by atoms with Crippen molar-refractivity contribution in [3.05, 3.63) is 53.6 Å². The summed E-state index contributed by atoms with van der Waals surface area (Å²) in [7, 11) is 0. The van der Waals surface area contributed by atoms with E-state index in [0.717, 1.165) is 34.7 Å². The Labute approximate surface area is 224 Å². The fourth-order valence-corrected chi connectivity index (χ4v) is 5.47. The Bertz CT molecular complexity index is 1150. The third-order valence-electron chi connectivity index (χ3n) is 7.15. The van der Waals surface area contributed by atoms with Crippen LogP contribution in [-0.4, -0.2) is 57.4 Å². The topological polar surface area (TPSA) is 108 Å². The normalized spacial score (nSPS) is 22.2. The van der Waals surface area contributed by atoms with Crippen LogP contribution in [0.1, 0.15) is 64.5 Å². The predicted molar refractivity (Wildman–Crippen MR) is 145 cm³/mol. The van der Waals surface area contributed by atoms with Gasteiger partial charge in [0.15, 0.2) is 0 Å². The van der Waals surface area contributed by atoms with E-state index in [1.54, 1.807) is 0 Å². The van der Waals surface area contributed by atoms with Crippen molar-refractivity contribution in [3.8, 4) is 11.5 Å². The van der Waals surface area contributed by atoms with Gasteiger partial charge in [-0.05, 0) is 82.7 Å². The van der Waals surface area contributed by atoms with Crippen molar-refractivity contribution < 1.29 is 29.3 Å². The van der Waals surface area contributed by atoms with Crippen LogP contribution in [-0.2, 0) is 22.6 Å². The Morgan fingerprint density at radius 3 is 2.63 bits per heavy atom. The van der Waals surface area contributed by atoms with E-state index in [1.165, 1.54) is 4.90 Å². The first-order valence-electron chi connectivity index (χ1n) is 13.5. The van der Waals surface area contributed by atoms with Crippen LogP contribution in [0, 0.1) is 5.92 Å². The van der Waals surface area contributed by atoms with Crippen LogP contribution >= 0.6 is 0 Å². The fourth-order valence-electron chi connectivity index (χ4n) is 5.47. The van der Waals surface area contributed by atoms with Gasteiger partial charge in [-0.2, -0.15) is 0 Å². The molecule has 1 saturated carbocycles. The van der Waals surface area contributed by atoms with Crippen LogP contribution in [0.3, 0.4) is 0 Å². The maximum Gasteiger partial charge on any atom is 0.323 e. The first-order valence-corrected chi connectivity index (χ1v) is 13.5. The van der Waals surface area contributed by atoms with E-state index in [4.69, 9.17) is 9.47 Å². The van der Waals surface area contributed by atoms with Crippen molar-refractivity contribution in [2.24, 2.45) is 5.92 Å². The first-order chi connectivity index (χ1) is 18.0. The number of carboxylic acid groups (broad SMARTS) is 1. The number of nitrogens with zero attached hydrogens (tertiary/aromatic N) is 1. The number of aliphatic carboxylic acids is 1. The van der Waals surface area contributed by atoms with Crippen LogP contribution < -0.4 is 14.8 Å². The minimum Gasteiger partial charge on any atom is -0.491 e. The summed E-state index contributed by atoms with van der Waals surface area (Å²) in [6.45, 7) is 7.87. The van der Waals surface area contributed by atoms with E-state index in [-0.39, 0.29) is 42.7 Å². The van der Waals surface area contributed by atoms with E-state index >= 15 is 0 Å². The maximum absolute atomic E-state index is 13.6. The van der Waals surface area contributed by atoms with Crippen molar-refractivity contribution in [2.45, 2.75) is 90.2 Å². The molecule has 2 aliphatic rings. The van der Waals surface area contributed by atoms with Crippen LogP contribution in [0.15, 0.2) is 42.5 Å². The molecule has 206 valence electrons. The molecule has 1 fully saturated rings. The van der Waals surface area contributed by atoms with E-state index in [1.807, 2.05) is 70.2 Å². The molecule has 0 aromatic heterocycles. The van der Waals surface area contributed by atoms with Crippen LogP contribution in [0.25, 0.3) is 0 Å². The molecular weight excluding hydrogens is 484 g/mol. The molecule has 3 N–H and O–H groups in total. The minimum absolute atomic E-state index is 0.0613. The number of fused-ring (bicyclic) bond motifs is 1. The number of hydrogen-bond acceptors (Lipinski definition) is 6. The zero-order valence-electron chi connectivity index (χ0n) is 22.8. The summed E-state index contributed by atoms with van der Waals surface area (Å²) in [6, 6.07) is 13.3. The molecule has 3 atom stereocenters. The van der Waals surface area contributed by atoms with E-state index in [0.29, 0.717) is 25.7 Å². The molecule has 1 aliphatic heterocycles. The Hall–Kier alpha value is -3.26. The van der Waals surface area contributed by atoms with Crippen molar-refractivity contribution in [3.63, 3.8) is 0 Å². The van der Waals surface area contributed by atoms with Crippen LogP contribution in [0.5, 0.6) is 11.5 Å². The summed E-state index contributed by atoms with van der Waals surface area (Å²) in [5.41, 5.74) is 2.54. The van der Waals surface area contributed by atoms with Gasteiger partial charge in [-0.1, -0.05) is 18.2 Å². The van der Waals surface area contributed by atoms with Crippen molar-refractivity contribution >= 4 is 17.6 Å². The van der Waals surface area contributed by atoms with Gasteiger partial charge in [0.1, 0.15) is 23.6 Å². The molecule has 2 aromatic rings. The van der Waals surface area contributed by atoms with Gasteiger partial charge < -0.3 is 29.9 Å². The van der Waals surface area contributed by atoms with Gasteiger partial charge >= 0.3 is 5.97 Å². The van der Waals surface area contributed by atoms with Gasteiger partial charge in [0.05, 0.1) is 18.2 Å². The number of ether oxygens (including phenoxy) is 2. The molecule has 0 spiro atoms. The third kappa shape index (κ3) is 7.19. The predicted octanol–water partition coefficient (Wildman–Crippen LogP) is 4.63. The van der Waals surface area contributed by atoms with Gasteiger partial charge in [-0.3, -0.25) is 9.59 Å². The molecule has 1 heterocycles. The van der Waals surface area contributed by atoms with Gasteiger partial charge in [-0.25, -0.2) is 0 Å². The molecule has 0 bridgehead atoms. The summed E-state index contributed by atoms with van der Waals surface area (Å²) in [5, 5.41) is 23.8. The molecule has 0 radical (unpaired) electrons. The lowest BCUT2D eigenvalue weighted by Crippen LogP contribution is -2.39. The van der Waals surface area contributed by atoms with Crippen molar-refractivity contribution in [1.29, 1.82) is 0 Å². The Balaban J connectivity index is 1.42. The quantitative estimate of drug-likeness (QED) is 0.411. The summed E-state index contributed by atoms with van der Waals surface area (Å²) < 4.78 is 11.7. The highest BCUT2D eigenvalue weighted by atomic mass is 16.5. The SMILES string of the molecule is CC(C)Oc1cccc(N[C@H]2CC[C@@H](C(=O)N(CC(=O)O)Cc3ccc4c(c3)CC(C)(C)O4)CC[C@@H]2O)c1. The van der Waals surface area contributed by atoms with Gasteiger partial charge in [-0.15, -0.1) is 0 Å². The lowest BCUT2D eigenvalue weighted by atomic mass is 9.97. The zero-order chi connectivity index (χ0) is 27.4. The van der Waals surface area contributed by atoms with Crippen molar-refractivity contribution in [1.82, 2.24) is 4.90 Å². The second-order valence-electron chi connectivity index (χ2n) is 11.4. The number of hydrogen-bond donors (Lipinski definition) is 3. The summed E-state index contributed by atoms with van der Waals surface area (Å²) in [4.78, 5) is 26.7. The number of benzene rings is 2. The number of rotatable bonds is 9. The highest BCUT2D eigenvalue weighted by Crippen LogP contribution is 2.36. The van der Waals surface area contributed by atoms with Crippen LogP contribution in [0.4, 0.5) is 5.69 Å². The highest BCUT2D eigenvalue weighted by Gasteiger charge is 2.33.